The van der Waals surface area contributed by atoms with Crippen molar-refractivity contribution in [2.24, 2.45) is 0 Å². The minimum absolute atomic E-state index is 0. The summed E-state index contributed by atoms with van der Waals surface area (Å²) in [4.78, 5) is 21.6. The van der Waals surface area contributed by atoms with E-state index in [0.717, 1.165) is 0 Å². The van der Waals surface area contributed by atoms with Crippen molar-refractivity contribution < 1.29 is 66.3 Å². The van der Waals surface area contributed by atoms with Crippen LogP contribution in [0.25, 0.3) is 0 Å². The average molecular weight is 337 g/mol. The summed E-state index contributed by atoms with van der Waals surface area (Å²) < 4.78 is 34.7. The zero-order chi connectivity index (χ0) is 8.08. The second-order valence-corrected chi connectivity index (χ2v) is 3.21. The van der Waals surface area contributed by atoms with Crippen molar-refractivity contribution in [1.82, 2.24) is 0 Å². The van der Waals surface area contributed by atoms with Gasteiger partial charge in [0.25, 0.3) is 0 Å². The molecule has 10 heteroatoms. The van der Waals surface area contributed by atoms with Gasteiger partial charge < -0.3 is 14.7 Å². The van der Waals surface area contributed by atoms with Crippen LogP contribution in [-0.4, -0.2) is 14.7 Å². The second-order valence-electron chi connectivity index (χ2n) is 0.717. The van der Waals surface area contributed by atoms with Crippen LogP contribution in [0.1, 0.15) is 0 Å². The molecule has 0 aliphatic heterocycles. The van der Waals surface area contributed by atoms with E-state index in [9.17, 15) is 0 Å². The Hall–Kier alpha value is 0.956. The van der Waals surface area contributed by atoms with Crippen molar-refractivity contribution in [1.29, 1.82) is 0 Å². The summed E-state index contributed by atoms with van der Waals surface area (Å²) >= 11 is -4.28. The van der Waals surface area contributed by atoms with Crippen LogP contribution in [0, 0.1) is 0 Å². The van der Waals surface area contributed by atoms with E-state index in [1.807, 2.05) is 0 Å². The third kappa shape index (κ3) is 621. The summed E-state index contributed by atoms with van der Waals surface area (Å²) in [5.41, 5.74) is 0. The average Bonchev–Trinajstić information content (AvgIpc) is 1.19. The van der Waals surface area contributed by atoms with E-state index in [4.69, 9.17) is 29.8 Å². The molecule has 57 valence electrons. The van der Waals surface area contributed by atoms with Gasteiger partial charge in [-0.15, -0.1) is 0 Å². The Labute approximate surface area is 74.1 Å². The van der Waals surface area contributed by atoms with Gasteiger partial charge in [-0.3, -0.25) is 0 Å². The summed E-state index contributed by atoms with van der Waals surface area (Å²) in [6, 6.07) is 0. The molecule has 10 heavy (non-hydrogen) atoms. The molecule has 0 bridgehead atoms. The first kappa shape index (κ1) is 17.2. The molecule has 0 aromatic heterocycles. The summed E-state index contributed by atoms with van der Waals surface area (Å²) in [5, 5.41) is 0. The van der Waals surface area contributed by atoms with Gasteiger partial charge in [0.1, 0.15) is 0 Å². The molecule has 0 aromatic rings. The van der Waals surface area contributed by atoms with Gasteiger partial charge in [-0.2, -0.15) is 0 Å². The van der Waals surface area contributed by atoms with Crippen molar-refractivity contribution in [2.45, 2.75) is 0 Å². The summed E-state index contributed by atoms with van der Waals surface area (Å²) in [5.74, 6) is 0. The van der Waals surface area contributed by atoms with Crippen LogP contribution in [0.15, 0.2) is 0 Å². The predicted octanol–water partition coefficient (Wildman–Crippen LogP) is -5.35. The van der Waals surface area contributed by atoms with Gasteiger partial charge in [0.15, 0.2) is 0 Å². The Bertz CT molecular complexity index is 148. The zero-order valence-electron chi connectivity index (χ0n) is 4.83. The van der Waals surface area contributed by atoms with E-state index in [-0.39, 0.29) is 18.9 Å². The van der Waals surface area contributed by atoms with E-state index in [1.165, 1.54) is 0 Å². The first-order valence-electron chi connectivity index (χ1n) is 1.28. The Morgan fingerprint density at radius 3 is 1.20 bits per heavy atom. The fourth-order valence-corrected chi connectivity index (χ4v) is 0. The molecular formula is H3LiO7PW. The van der Waals surface area contributed by atoms with E-state index in [2.05, 4.69) is 0 Å². The Morgan fingerprint density at radius 2 is 1.20 bits per heavy atom. The molecule has 0 heterocycles. The van der Waals surface area contributed by atoms with Gasteiger partial charge in [0.2, 0.25) is 0 Å². The molecule has 0 saturated carbocycles. The predicted molar refractivity (Wildman–Crippen MR) is 15.6 cm³/mol. The SMILES string of the molecule is O=P(O)(O)O.[Li+].[O]=[W](=[O])[O-]. The molecule has 0 aromatic carbocycles. The normalized spacial score (nSPS) is 8.40. The molecule has 0 rings (SSSR count). The van der Waals surface area contributed by atoms with Crippen LogP contribution in [0.2, 0.25) is 0 Å². The molecule has 7 nitrogen and oxygen atoms in total. The van der Waals surface area contributed by atoms with Crippen LogP contribution in [-0.2, 0) is 29.0 Å². The Balaban J connectivity index is -0.0000000910. The topological polar surface area (TPSA) is 135 Å². The Morgan fingerprint density at radius 1 is 1.20 bits per heavy atom. The quantitative estimate of drug-likeness (QED) is 0.297. The van der Waals surface area contributed by atoms with Crippen LogP contribution >= 0.6 is 7.82 Å². The van der Waals surface area contributed by atoms with Gasteiger partial charge in [-0.05, 0) is 0 Å². The van der Waals surface area contributed by atoms with Crippen molar-refractivity contribution in [3.63, 3.8) is 0 Å². The molecule has 0 atom stereocenters. The van der Waals surface area contributed by atoms with Gasteiger partial charge in [0, 0.05) is 0 Å². The molecule has 0 unspecified atom stereocenters. The van der Waals surface area contributed by atoms with Gasteiger partial charge in [-0.25, -0.2) is 4.57 Å². The van der Waals surface area contributed by atoms with Gasteiger partial charge >= 0.3 is 54.9 Å². The molecule has 0 amide bonds. The fraction of sp³-hybridized carbons (Fsp3) is 0. The minimum atomic E-state index is -4.64. The first-order chi connectivity index (χ1) is 3.73. The molecule has 0 saturated heterocycles. The fourth-order valence-electron chi connectivity index (χ4n) is 0. The van der Waals surface area contributed by atoms with Crippen molar-refractivity contribution in [2.75, 3.05) is 0 Å². The number of phosphoric acid groups is 1. The first-order valence-corrected chi connectivity index (χ1v) is 6.44. The third-order valence-electron chi connectivity index (χ3n) is 0. The summed E-state index contributed by atoms with van der Waals surface area (Å²) in [7, 11) is -4.64. The third-order valence-corrected chi connectivity index (χ3v) is 0. The van der Waals surface area contributed by atoms with Gasteiger partial charge in [-0.1, -0.05) is 0 Å². The second kappa shape index (κ2) is 8.06. The number of rotatable bonds is 0. The van der Waals surface area contributed by atoms with E-state index in [1.54, 1.807) is 0 Å². The van der Waals surface area contributed by atoms with Crippen molar-refractivity contribution in [3.05, 3.63) is 0 Å². The zero-order valence-corrected chi connectivity index (χ0v) is 8.66. The maximum atomic E-state index is 8.88. The van der Waals surface area contributed by atoms with E-state index < -0.39 is 25.4 Å². The standard InChI is InChI=1S/Li.H3O4P.3O.W/c;1-5(2,3)4;;;;/h;(H3,1,2,3,4);;;;/q+1;;;;-1;. The molecule has 0 aliphatic carbocycles. The van der Waals surface area contributed by atoms with Gasteiger partial charge in [0.05, 0.1) is 0 Å². The molecule has 0 spiro atoms. The molecule has 0 fully saturated rings. The van der Waals surface area contributed by atoms with Crippen molar-refractivity contribution in [3.8, 4) is 0 Å². The number of hydrogen-bond donors (Lipinski definition) is 3. The molecule has 0 aliphatic rings. The summed E-state index contributed by atoms with van der Waals surface area (Å²) in [6.07, 6.45) is 0. The molecule has 0 radical (unpaired) electrons. The maximum absolute atomic E-state index is 8.88. The van der Waals surface area contributed by atoms with Crippen molar-refractivity contribution >= 4 is 7.82 Å². The Kier molecular flexibility index (Phi) is 13.8. The monoisotopic (exact) mass is 337 g/mol. The number of hydrogen-bond acceptors (Lipinski definition) is 4. The van der Waals surface area contributed by atoms with Crippen LogP contribution in [0.4, 0.5) is 0 Å². The van der Waals surface area contributed by atoms with Crippen LogP contribution < -0.4 is 22.6 Å². The molecular weight excluding hydrogens is 334 g/mol. The molecule has 3 N–H and O–H groups in total. The van der Waals surface area contributed by atoms with E-state index >= 15 is 0 Å². The van der Waals surface area contributed by atoms with Crippen LogP contribution in [0.3, 0.4) is 0 Å². The van der Waals surface area contributed by atoms with E-state index in [0.29, 0.717) is 0 Å². The summed E-state index contributed by atoms with van der Waals surface area (Å²) in [6.45, 7) is 0. The van der Waals surface area contributed by atoms with Crippen LogP contribution in [0.5, 0.6) is 0 Å².